The highest BCUT2D eigenvalue weighted by Gasteiger charge is 2.15. The Balaban J connectivity index is 2.50. The minimum atomic E-state index is -0.424. The van der Waals surface area contributed by atoms with Gasteiger partial charge in [0.25, 0.3) is 0 Å². The van der Waals surface area contributed by atoms with Crippen molar-refractivity contribution in [3.05, 3.63) is 28.7 Å². The molecule has 6 heteroatoms. The number of ether oxygens (including phenoxy) is 1. The third-order valence-corrected chi connectivity index (χ3v) is 3.46. The number of rotatable bonds is 4. The molecule has 2 rings (SSSR count). The van der Waals surface area contributed by atoms with Crippen LogP contribution in [0.1, 0.15) is 36.5 Å². The van der Waals surface area contributed by atoms with Crippen LogP contribution in [0.15, 0.2) is 12.3 Å². The van der Waals surface area contributed by atoms with Gasteiger partial charge < -0.3 is 4.74 Å². The summed E-state index contributed by atoms with van der Waals surface area (Å²) in [5.74, 6) is 0.872. The minimum Gasteiger partial charge on any atom is -0.465 e. The molecule has 19 heavy (non-hydrogen) atoms. The Morgan fingerprint density at radius 2 is 2.26 bits per heavy atom. The molecule has 0 aliphatic carbocycles. The van der Waals surface area contributed by atoms with E-state index >= 15 is 0 Å². The molecule has 0 saturated carbocycles. The molecule has 0 fully saturated rings. The van der Waals surface area contributed by atoms with Gasteiger partial charge in [-0.25, -0.2) is 4.79 Å². The smallest absolute Gasteiger partial charge is 0.339 e. The molecular formula is C13H16ClN3O2. The van der Waals surface area contributed by atoms with Crippen LogP contribution in [0, 0.1) is 5.92 Å². The van der Waals surface area contributed by atoms with E-state index in [4.69, 9.17) is 16.3 Å². The van der Waals surface area contributed by atoms with Gasteiger partial charge in [-0.2, -0.15) is 0 Å². The van der Waals surface area contributed by atoms with Gasteiger partial charge in [0.05, 0.1) is 17.7 Å². The molecule has 0 aromatic carbocycles. The van der Waals surface area contributed by atoms with Crippen molar-refractivity contribution in [1.82, 2.24) is 14.6 Å². The van der Waals surface area contributed by atoms with Crippen LogP contribution in [0.5, 0.6) is 0 Å². The zero-order valence-corrected chi connectivity index (χ0v) is 11.9. The molecule has 0 aliphatic heterocycles. The third-order valence-electron chi connectivity index (χ3n) is 3.18. The van der Waals surface area contributed by atoms with Gasteiger partial charge in [-0.3, -0.25) is 4.40 Å². The van der Waals surface area contributed by atoms with Gasteiger partial charge in [0.1, 0.15) is 5.82 Å². The first-order valence-electron chi connectivity index (χ1n) is 6.18. The number of halogens is 1. The Labute approximate surface area is 116 Å². The summed E-state index contributed by atoms with van der Waals surface area (Å²) >= 11 is 6.12. The summed E-state index contributed by atoms with van der Waals surface area (Å²) in [5, 5.41) is 8.60. The molecule has 0 saturated heterocycles. The highest BCUT2D eigenvalue weighted by Crippen LogP contribution is 2.20. The van der Waals surface area contributed by atoms with E-state index in [9.17, 15) is 4.79 Å². The van der Waals surface area contributed by atoms with Crippen LogP contribution in [0.4, 0.5) is 0 Å². The van der Waals surface area contributed by atoms with Gasteiger partial charge in [0.15, 0.2) is 5.65 Å². The summed E-state index contributed by atoms with van der Waals surface area (Å²) in [7, 11) is 1.34. The van der Waals surface area contributed by atoms with Gasteiger partial charge in [0.2, 0.25) is 0 Å². The highest BCUT2D eigenvalue weighted by atomic mass is 35.5. The van der Waals surface area contributed by atoms with E-state index in [2.05, 4.69) is 24.0 Å². The lowest BCUT2D eigenvalue weighted by Gasteiger charge is -2.07. The Hall–Kier alpha value is -1.62. The summed E-state index contributed by atoms with van der Waals surface area (Å²) in [5.41, 5.74) is 0.956. The second-order valence-electron chi connectivity index (χ2n) is 4.60. The Bertz CT molecular complexity index is 609. The lowest BCUT2D eigenvalue weighted by atomic mass is 10.1. The van der Waals surface area contributed by atoms with E-state index in [0.717, 1.165) is 18.7 Å². The maximum atomic E-state index is 11.6. The standard InChI is InChI=1S/C13H16ClN3O2/c1-4-8(2)5-11-15-16-12-10(14)6-9(7-17(11)12)13(18)19-3/h6-8H,4-5H2,1-3H3. The first-order valence-corrected chi connectivity index (χ1v) is 6.56. The summed E-state index contributed by atoms with van der Waals surface area (Å²) in [6, 6.07) is 1.55. The summed E-state index contributed by atoms with van der Waals surface area (Å²) in [6.07, 6.45) is 3.52. The van der Waals surface area contributed by atoms with E-state index in [1.807, 2.05) is 0 Å². The first-order chi connectivity index (χ1) is 9.06. The quantitative estimate of drug-likeness (QED) is 0.809. The first kappa shape index (κ1) is 13.8. The van der Waals surface area contributed by atoms with E-state index in [0.29, 0.717) is 22.2 Å². The fourth-order valence-electron chi connectivity index (χ4n) is 1.82. The predicted molar refractivity (Wildman–Crippen MR) is 72.5 cm³/mol. The SMILES string of the molecule is CCC(C)Cc1nnc2c(Cl)cc(C(=O)OC)cn12. The fourth-order valence-corrected chi connectivity index (χ4v) is 2.07. The van der Waals surface area contributed by atoms with Crippen LogP contribution in [-0.4, -0.2) is 27.7 Å². The van der Waals surface area contributed by atoms with Crippen molar-refractivity contribution in [2.45, 2.75) is 26.7 Å². The van der Waals surface area contributed by atoms with Crippen LogP contribution in [0.25, 0.3) is 5.65 Å². The van der Waals surface area contributed by atoms with E-state index in [1.54, 1.807) is 16.7 Å². The van der Waals surface area contributed by atoms with Gasteiger partial charge >= 0.3 is 5.97 Å². The lowest BCUT2D eigenvalue weighted by molar-refractivity contribution is 0.0600. The number of pyridine rings is 1. The minimum absolute atomic E-state index is 0.394. The van der Waals surface area contributed by atoms with Crippen molar-refractivity contribution in [2.24, 2.45) is 5.92 Å². The van der Waals surface area contributed by atoms with Crippen LogP contribution in [0.2, 0.25) is 5.02 Å². The zero-order valence-electron chi connectivity index (χ0n) is 11.2. The van der Waals surface area contributed by atoms with Crippen LogP contribution >= 0.6 is 11.6 Å². The van der Waals surface area contributed by atoms with Crippen LogP contribution in [-0.2, 0) is 11.2 Å². The maximum Gasteiger partial charge on any atom is 0.339 e. The maximum absolute atomic E-state index is 11.6. The highest BCUT2D eigenvalue weighted by molar-refractivity contribution is 6.33. The van der Waals surface area contributed by atoms with Crippen molar-refractivity contribution >= 4 is 23.2 Å². The van der Waals surface area contributed by atoms with Crippen molar-refractivity contribution in [2.75, 3.05) is 7.11 Å². The van der Waals surface area contributed by atoms with Gasteiger partial charge in [-0.05, 0) is 12.0 Å². The summed E-state index contributed by atoms with van der Waals surface area (Å²) < 4.78 is 6.47. The van der Waals surface area contributed by atoms with E-state index in [-0.39, 0.29) is 0 Å². The second-order valence-corrected chi connectivity index (χ2v) is 5.00. The van der Waals surface area contributed by atoms with Gasteiger partial charge in [0, 0.05) is 12.6 Å². The second kappa shape index (κ2) is 5.57. The van der Waals surface area contributed by atoms with Crippen LogP contribution in [0.3, 0.4) is 0 Å². The molecule has 1 atom stereocenters. The fraction of sp³-hybridized carbons (Fsp3) is 0.462. The Morgan fingerprint density at radius 1 is 1.53 bits per heavy atom. The molecule has 0 spiro atoms. The predicted octanol–water partition coefficient (Wildman–Crippen LogP) is 2.76. The monoisotopic (exact) mass is 281 g/mol. The topological polar surface area (TPSA) is 56.5 Å². The molecule has 0 bridgehead atoms. The number of esters is 1. The number of fused-ring (bicyclic) bond motifs is 1. The van der Waals surface area contributed by atoms with Gasteiger partial charge in [-0.1, -0.05) is 31.9 Å². The van der Waals surface area contributed by atoms with Crippen LogP contribution < -0.4 is 0 Å². The molecular weight excluding hydrogens is 266 g/mol. The number of carbonyl (C=O) groups is 1. The largest absolute Gasteiger partial charge is 0.465 e. The normalized spacial score (nSPS) is 12.6. The molecule has 2 aromatic heterocycles. The molecule has 5 nitrogen and oxygen atoms in total. The number of methoxy groups -OCH3 is 1. The molecule has 0 aliphatic rings. The molecule has 0 radical (unpaired) electrons. The number of carbonyl (C=O) groups excluding carboxylic acids is 1. The molecule has 1 unspecified atom stereocenters. The molecule has 2 aromatic rings. The molecule has 102 valence electrons. The number of hydrogen-bond donors (Lipinski definition) is 0. The van der Waals surface area contributed by atoms with Gasteiger partial charge in [-0.15, -0.1) is 10.2 Å². The van der Waals surface area contributed by atoms with Crippen molar-refractivity contribution in [3.8, 4) is 0 Å². The third kappa shape index (κ3) is 2.71. The van der Waals surface area contributed by atoms with Crippen molar-refractivity contribution < 1.29 is 9.53 Å². The average Bonchev–Trinajstić information content (AvgIpc) is 2.81. The average molecular weight is 282 g/mol. The number of hydrogen-bond acceptors (Lipinski definition) is 4. The Morgan fingerprint density at radius 3 is 2.89 bits per heavy atom. The number of nitrogens with zero attached hydrogens (tertiary/aromatic N) is 3. The van der Waals surface area contributed by atoms with Crippen molar-refractivity contribution in [1.29, 1.82) is 0 Å². The zero-order chi connectivity index (χ0) is 14.0. The lowest BCUT2D eigenvalue weighted by Crippen LogP contribution is -2.06. The number of aromatic nitrogens is 3. The van der Waals surface area contributed by atoms with E-state index < -0.39 is 5.97 Å². The van der Waals surface area contributed by atoms with E-state index in [1.165, 1.54) is 7.11 Å². The molecule has 0 N–H and O–H groups in total. The summed E-state index contributed by atoms with van der Waals surface area (Å²) in [6.45, 7) is 4.27. The molecule has 0 amide bonds. The summed E-state index contributed by atoms with van der Waals surface area (Å²) in [4.78, 5) is 11.6. The Kier molecular flexibility index (Phi) is 4.04. The van der Waals surface area contributed by atoms with Crippen molar-refractivity contribution in [3.63, 3.8) is 0 Å². The molecule has 2 heterocycles.